The minimum atomic E-state index is -0.0803. The highest BCUT2D eigenvalue weighted by Crippen LogP contribution is 2.22. The molecule has 3 aromatic rings. The summed E-state index contributed by atoms with van der Waals surface area (Å²) in [7, 11) is 0. The summed E-state index contributed by atoms with van der Waals surface area (Å²) in [6.07, 6.45) is -0.00972. The Hall–Kier alpha value is -2.68. The molecular formula is C22H24N4O3S. The molecule has 2 heterocycles. The van der Waals surface area contributed by atoms with Gasteiger partial charge in [0, 0.05) is 31.7 Å². The number of rotatable bonds is 8. The molecule has 0 saturated carbocycles. The van der Waals surface area contributed by atoms with Gasteiger partial charge in [-0.3, -0.25) is 9.69 Å². The zero-order valence-electron chi connectivity index (χ0n) is 16.6. The normalized spacial score (nSPS) is 17.0. The number of hydrogen-bond donors (Lipinski definition) is 1. The average molecular weight is 425 g/mol. The van der Waals surface area contributed by atoms with Crippen LogP contribution >= 0.6 is 11.8 Å². The van der Waals surface area contributed by atoms with Crippen LogP contribution in [0.4, 0.5) is 0 Å². The van der Waals surface area contributed by atoms with Crippen molar-refractivity contribution in [3.63, 3.8) is 0 Å². The third kappa shape index (κ3) is 5.91. The standard InChI is InChI=1S/C22H24N4O3S/c27-20(16-30-22-25-24-21(29-22)18-9-5-2-6-10-18)23-13-19-15-26(11-12-28-19)14-17-7-3-1-4-8-17/h1-10,19H,11-16H2,(H,23,27). The summed E-state index contributed by atoms with van der Waals surface area (Å²) in [6, 6.07) is 19.9. The number of aromatic nitrogens is 2. The Balaban J connectivity index is 1.19. The van der Waals surface area contributed by atoms with E-state index in [1.807, 2.05) is 36.4 Å². The van der Waals surface area contributed by atoms with Crippen molar-refractivity contribution in [3.8, 4) is 11.5 Å². The quantitative estimate of drug-likeness (QED) is 0.557. The molecule has 4 rings (SSSR count). The van der Waals surface area contributed by atoms with Crippen LogP contribution in [0.1, 0.15) is 5.56 Å². The van der Waals surface area contributed by atoms with E-state index in [1.165, 1.54) is 17.3 Å². The van der Waals surface area contributed by atoms with Gasteiger partial charge in [0.1, 0.15) is 0 Å². The van der Waals surface area contributed by atoms with Gasteiger partial charge < -0.3 is 14.5 Å². The van der Waals surface area contributed by atoms with E-state index in [4.69, 9.17) is 9.15 Å². The number of amides is 1. The van der Waals surface area contributed by atoms with Crippen molar-refractivity contribution in [1.82, 2.24) is 20.4 Å². The van der Waals surface area contributed by atoms with Crippen LogP contribution in [0.5, 0.6) is 0 Å². The lowest BCUT2D eigenvalue weighted by molar-refractivity contribution is -0.119. The third-order valence-electron chi connectivity index (χ3n) is 4.75. The van der Waals surface area contributed by atoms with Gasteiger partial charge in [0.25, 0.3) is 5.22 Å². The number of benzene rings is 2. The first-order valence-corrected chi connectivity index (χ1v) is 10.9. The molecule has 156 valence electrons. The second-order valence-electron chi connectivity index (χ2n) is 7.05. The maximum Gasteiger partial charge on any atom is 0.277 e. The van der Waals surface area contributed by atoms with Crippen LogP contribution in [0.25, 0.3) is 11.5 Å². The van der Waals surface area contributed by atoms with Gasteiger partial charge in [-0.25, -0.2) is 0 Å². The van der Waals surface area contributed by atoms with Crippen LogP contribution in [0.2, 0.25) is 0 Å². The van der Waals surface area contributed by atoms with Crippen LogP contribution in [-0.2, 0) is 16.1 Å². The monoisotopic (exact) mass is 424 g/mol. The molecule has 1 saturated heterocycles. The number of hydrogen-bond acceptors (Lipinski definition) is 7. The van der Waals surface area contributed by atoms with Gasteiger partial charge >= 0.3 is 0 Å². The van der Waals surface area contributed by atoms with E-state index < -0.39 is 0 Å². The van der Waals surface area contributed by atoms with E-state index in [-0.39, 0.29) is 17.8 Å². The maximum absolute atomic E-state index is 12.2. The van der Waals surface area contributed by atoms with E-state index in [0.717, 1.165) is 25.2 Å². The van der Waals surface area contributed by atoms with Crippen LogP contribution < -0.4 is 5.32 Å². The van der Waals surface area contributed by atoms with Crippen molar-refractivity contribution in [2.45, 2.75) is 17.9 Å². The van der Waals surface area contributed by atoms with Crippen molar-refractivity contribution < 1.29 is 13.9 Å². The molecule has 1 amide bonds. The zero-order chi connectivity index (χ0) is 20.6. The number of nitrogens with one attached hydrogen (secondary N) is 1. The lowest BCUT2D eigenvalue weighted by Gasteiger charge is -2.33. The second kappa shape index (κ2) is 10.4. The fraction of sp³-hybridized carbons (Fsp3) is 0.318. The molecule has 1 aliphatic heterocycles. The van der Waals surface area contributed by atoms with E-state index in [1.54, 1.807) is 0 Å². The Morgan fingerprint density at radius 1 is 1.10 bits per heavy atom. The fourth-order valence-electron chi connectivity index (χ4n) is 3.26. The number of nitrogens with zero attached hydrogens (tertiary/aromatic N) is 3. The molecule has 1 aromatic heterocycles. The summed E-state index contributed by atoms with van der Waals surface area (Å²) >= 11 is 1.23. The highest BCUT2D eigenvalue weighted by molar-refractivity contribution is 7.99. The van der Waals surface area contributed by atoms with Gasteiger partial charge in [0.15, 0.2) is 0 Å². The molecule has 1 atom stereocenters. The molecular weight excluding hydrogens is 400 g/mol. The molecule has 0 aliphatic carbocycles. The lowest BCUT2D eigenvalue weighted by atomic mass is 10.2. The first kappa shape index (κ1) is 20.6. The fourth-order valence-corrected chi connectivity index (χ4v) is 3.85. The molecule has 0 bridgehead atoms. The molecule has 1 unspecified atom stereocenters. The van der Waals surface area contributed by atoms with Gasteiger partial charge in [-0.15, -0.1) is 10.2 Å². The van der Waals surface area contributed by atoms with E-state index >= 15 is 0 Å². The predicted octanol–water partition coefficient (Wildman–Crippen LogP) is 2.85. The van der Waals surface area contributed by atoms with Crippen molar-refractivity contribution in [3.05, 3.63) is 66.2 Å². The first-order valence-electron chi connectivity index (χ1n) is 9.92. The number of carbonyl (C=O) groups excluding carboxylic acids is 1. The molecule has 30 heavy (non-hydrogen) atoms. The summed E-state index contributed by atoms with van der Waals surface area (Å²) in [4.78, 5) is 14.6. The number of ether oxygens (including phenoxy) is 1. The van der Waals surface area contributed by atoms with E-state index in [0.29, 0.717) is 24.3 Å². The van der Waals surface area contributed by atoms with E-state index in [9.17, 15) is 4.79 Å². The van der Waals surface area contributed by atoms with Crippen LogP contribution in [0.3, 0.4) is 0 Å². The molecule has 0 spiro atoms. The minimum absolute atomic E-state index is 0.00972. The Labute approximate surface area is 179 Å². The SMILES string of the molecule is O=C(CSc1nnc(-c2ccccc2)o1)NCC1CN(Cc2ccccc2)CCO1. The number of thioether (sulfide) groups is 1. The molecule has 1 aliphatic rings. The highest BCUT2D eigenvalue weighted by Gasteiger charge is 2.21. The number of carbonyl (C=O) groups is 1. The zero-order valence-corrected chi connectivity index (χ0v) is 17.4. The van der Waals surface area contributed by atoms with Gasteiger partial charge in [-0.1, -0.05) is 60.3 Å². The molecule has 1 fully saturated rings. The summed E-state index contributed by atoms with van der Waals surface area (Å²) in [5, 5.41) is 11.4. The summed E-state index contributed by atoms with van der Waals surface area (Å²) < 4.78 is 11.4. The maximum atomic E-state index is 12.2. The molecule has 2 aromatic carbocycles. The molecule has 8 heteroatoms. The van der Waals surface area contributed by atoms with Crippen molar-refractivity contribution in [2.75, 3.05) is 32.0 Å². The smallest absolute Gasteiger partial charge is 0.277 e. The topological polar surface area (TPSA) is 80.5 Å². The molecule has 7 nitrogen and oxygen atoms in total. The molecule has 1 N–H and O–H groups in total. The highest BCUT2D eigenvalue weighted by atomic mass is 32.2. The largest absolute Gasteiger partial charge is 0.411 e. The van der Waals surface area contributed by atoms with Crippen LogP contribution in [-0.4, -0.2) is 59.1 Å². The predicted molar refractivity (Wildman–Crippen MR) is 115 cm³/mol. The Kier molecular flexibility index (Phi) is 7.12. The average Bonchev–Trinajstić information content (AvgIpc) is 3.27. The Morgan fingerprint density at radius 3 is 2.67 bits per heavy atom. The van der Waals surface area contributed by atoms with Crippen molar-refractivity contribution >= 4 is 17.7 Å². The van der Waals surface area contributed by atoms with Crippen LogP contribution in [0, 0.1) is 0 Å². The van der Waals surface area contributed by atoms with Gasteiger partial charge in [-0.05, 0) is 17.7 Å². The Morgan fingerprint density at radius 2 is 1.87 bits per heavy atom. The Bertz CT molecular complexity index is 936. The van der Waals surface area contributed by atoms with Crippen LogP contribution in [0.15, 0.2) is 70.3 Å². The lowest BCUT2D eigenvalue weighted by Crippen LogP contribution is -2.47. The summed E-state index contributed by atoms with van der Waals surface area (Å²) in [6.45, 7) is 3.75. The third-order valence-corrected chi connectivity index (χ3v) is 5.57. The van der Waals surface area contributed by atoms with Gasteiger partial charge in [0.2, 0.25) is 11.8 Å². The first-order chi connectivity index (χ1) is 14.8. The summed E-state index contributed by atoms with van der Waals surface area (Å²) in [5.41, 5.74) is 2.14. The van der Waals surface area contributed by atoms with Crippen molar-refractivity contribution in [1.29, 1.82) is 0 Å². The van der Waals surface area contributed by atoms with Gasteiger partial charge in [0.05, 0.1) is 18.5 Å². The second-order valence-corrected chi connectivity index (χ2v) is 7.97. The van der Waals surface area contributed by atoms with Gasteiger partial charge in [-0.2, -0.15) is 0 Å². The molecule has 0 radical (unpaired) electrons. The van der Waals surface area contributed by atoms with Crippen molar-refractivity contribution in [2.24, 2.45) is 0 Å². The summed E-state index contributed by atoms with van der Waals surface area (Å²) in [5.74, 6) is 0.590. The minimum Gasteiger partial charge on any atom is -0.411 e. The van der Waals surface area contributed by atoms with E-state index in [2.05, 4.69) is 44.7 Å². The number of morpholine rings is 1.